The van der Waals surface area contributed by atoms with Gasteiger partial charge < -0.3 is 5.32 Å². The molecule has 0 aliphatic carbocycles. The van der Waals surface area contributed by atoms with Gasteiger partial charge in [0.25, 0.3) is 0 Å². The van der Waals surface area contributed by atoms with E-state index in [0.717, 1.165) is 34.1 Å². The lowest BCUT2D eigenvalue weighted by Gasteiger charge is -2.06. The molecule has 1 N–H and O–H groups in total. The van der Waals surface area contributed by atoms with Gasteiger partial charge in [0, 0.05) is 36.5 Å². The van der Waals surface area contributed by atoms with Gasteiger partial charge in [-0.25, -0.2) is 0 Å². The topological polar surface area (TPSA) is 64.0 Å². The number of aromatic nitrogens is 2. The Balaban J connectivity index is 1.63. The summed E-state index contributed by atoms with van der Waals surface area (Å²) < 4.78 is 1.95. The number of hydrogen-bond donors (Lipinski definition) is 1. The molecular formula is C17H23N3O2S. The van der Waals surface area contributed by atoms with E-state index in [-0.39, 0.29) is 24.5 Å². The minimum Gasteiger partial charge on any atom is -0.356 e. The van der Waals surface area contributed by atoms with E-state index in [1.807, 2.05) is 43.7 Å². The Morgan fingerprint density at radius 3 is 2.61 bits per heavy atom. The summed E-state index contributed by atoms with van der Waals surface area (Å²) in [4.78, 5) is 25.6. The second-order valence-electron chi connectivity index (χ2n) is 5.69. The summed E-state index contributed by atoms with van der Waals surface area (Å²) in [7, 11) is 0. The lowest BCUT2D eigenvalue weighted by molar-refractivity contribution is -0.121. The summed E-state index contributed by atoms with van der Waals surface area (Å²) in [5.74, 6) is -0.0270. The number of carbonyl (C=O) groups is 2. The van der Waals surface area contributed by atoms with Crippen LogP contribution in [0.1, 0.15) is 45.2 Å². The van der Waals surface area contributed by atoms with Crippen LogP contribution in [-0.4, -0.2) is 28.0 Å². The van der Waals surface area contributed by atoms with Crippen molar-refractivity contribution in [3.8, 4) is 0 Å². The molecule has 0 aromatic carbocycles. The van der Waals surface area contributed by atoms with Gasteiger partial charge in [0.15, 0.2) is 5.78 Å². The fourth-order valence-electron chi connectivity index (χ4n) is 2.38. The molecular weight excluding hydrogens is 310 g/mol. The van der Waals surface area contributed by atoms with Crippen LogP contribution >= 0.6 is 11.3 Å². The van der Waals surface area contributed by atoms with Crippen LogP contribution in [0.2, 0.25) is 0 Å². The first kappa shape index (κ1) is 17.4. The highest BCUT2D eigenvalue weighted by Crippen LogP contribution is 2.17. The van der Waals surface area contributed by atoms with Gasteiger partial charge in [0.1, 0.15) is 0 Å². The number of thiophene rings is 1. The first-order valence-corrected chi connectivity index (χ1v) is 8.65. The third-order valence-electron chi connectivity index (χ3n) is 3.57. The average Bonchev–Trinajstić information content (AvgIpc) is 3.07. The van der Waals surface area contributed by atoms with Gasteiger partial charge in [-0.3, -0.25) is 14.3 Å². The summed E-state index contributed by atoms with van der Waals surface area (Å²) in [6, 6.07) is 5.79. The zero-order chi connectivity index (χ0) is 16.8. The second-order valence-corrected chi connectivity index (χ2v) is 6.98. The van der Waals surface area contributed by atoms with E-state index in [1.165, 1.54) is 11.3 Å². The van der Waals surface area contributed by atoms with Crippen molar-refractivity contribution in [1.29, 1.82) is 0 Å². The first-order chi connectivity index (χ1) is 11.0. The van der Waals surface area contributed by atoms with E-state index in [0.29, 0.717) is 6.54 Å². The van der Waals surface area contributed by atoms with Crippen molar-refractivity contribution in [2.45, 2.75) is 46.6 Å². The number of rotatable bonds is 8. The molecule has 23 heavy (non-hydrogen) atoms. The Morgan fingerprint density at radius 2 is 2.00 bits per heavy atom. The van der Waals surface area contributed by atoms with Crippen LogP contribution in [0.4, 0.5) is 0 Å². The van der Waals surface area contributed by atoms with Crippen LogP contribution in [-0.2, 0) is 11.3 Å². The number of nitrogens with zero attached hydrogens (tertiary/aromatic N) is 2. The van der Waals surface area contributed by atoms with Gasteiger partial charge in [-0.2, -0.15) is 5.10 Å². The quantitative estimate of drug-likeness (QED) is 0.596. The van der Waals surface area contributed by atoms with Crippen molar-refractivity contribution < 1.29 is 9.59 Å². The summed E-state index contributed by atoms with van der Waals surface area (Å²) in [6.45, 7) is 7.35. The highest BCUT2D eigenvalue weighted by atomic mass is 32.1. The maximum Gasteiger partial charge on any atom is 0.220 e. The van der Waals surface area contributed by atoms with Crippen LogP contribution in [0.25, 0.3) is 0 Å². The molecule has 5 nitrogen and oxygen atoms in total. The van der Waals surface area contributed by atoms with Gasteiger partial charge >= 0.3 is 0 Å². The van der Waals surface area contributed by atoms with Crippen molar-refractivity contribution >= 4 is 23.0 Å². The maximum atomic E-state index is 11.9. The Hall–Kier alpha value is -1.95. The average molecular weight is 333 g/mol. The summed E-state index contributed by atoms with van der Waals surface area (Å²) in [6.07, 6.45) is 1.34. The number of carbonyl (C=O) groups excluding carboxylic acids is 2. The fraction of sp³-hybridized carbons (Fsp3) is 0.471. The maximum absolute atomic E-state index is 11.9. The van der Waals surface area contributed by atoms with E-state index in [9.17, 15) is 9.59 Å². The minimum atomic E-state index is -0.0694. The van der Waals surface area contributed by atoms with Crippen LogP contribution in [0.15, 0.2) is 18.2 Å². The largest absolute Gasteiger partial charge is 0.356 e. The standard InChI is InChI=1S/C17H23N3O2S/c1-12-11-13(2)20(19-12)10-4-9-18-17(22)8-6-15(21)16-7-5-14(3)23-16/h5,7,11H,4,6,8-10H2,1-3H3,(H,18,22). The van der Waals surface area contributed by atoms with Gasteiger partial charge in [-0.05, 0) is 45.4 Å². The fourth-order valence-corrected chi connectivity index (χ4v) is 3.22. The molecule has 2 rings (SSSR count). The molecule has 2 aromatic heterocycles. The monoisotopic (exact) mass is 333 g/mol. The molecule has 0 unspecified atom stereocenters. The number of ketones is 1. The third kappa shape index (κ3) is 5.32. The number of nitrogens with one attached hydrogen (secondary N) is 1. The van der Waals surface area contributed by atoms with Crippen LogP contribution in [0, 0.1) is 20.8 Å². The number of amides is 1. The predicted molar refractivity (Wildman–Crippen MR) is 91.9 cm³/mol. The molecule has 0 aliphatic rings. The molecule has 2 heterocycles. The lowest BCUT2D eigenvalue weighted by atomic mass is 10.2. The summed E-state index contributed by atoms with van der Waals surface area (Å²) >= 11 is 1.48. The molecule has 0 atom stereocenters. The van der Waals surface area contributed by atoms with E-state index in [1.54, 1.807) is 0 Å². The van der Waals surface area contributed by atoms with E-state index < -0.39 is 0 Å². The summed E-state index contributed by atoms with van der Waals surface area (Å²) in [5.41, 5.74) is 2.14. The van der Waals surface area contributed by atoms with Crippen molar-refractivity contribution in [2.75, 3.05) is 6.54 Å². The highest BCUT2D eigenvalue weighted by Gasteiger charge is 2.10. The molecule has 0 fully saturated rings. The van der Waals surface area contributed by atoms with Gasteiger partial charge in [0.2, 0.25) is 5.91 Å². The zero-order valence-corrected chi connectivity index (χ0v) is 14.7. The third-order valence-corrected chi connectivity index (χ3v) is 4.61. The second kappa shape index (κ2) is 8.06. The number of hydrogen-bond acceptors (Lipinski definition) is 4. The zero-order valence-electron chi connectivity index (χ0n) is 13.9. The lowest BCUT2D eigenvalue weighted by Crippen LogP contribution is -2.25. The van der Waals surface area contributed by atoms with E-state index >= 15 is 0 Å². The van der Waals surface area contributed by atoms with Crippen molar-refractivity contribution in [3.05, 3.63) is 39.3 Å². The molecule has 0 saturated heterocycles. The van der Waals surface area contributed by atoms with Gasteiger partial charge in [-0.15, -0.1) is 11.3 Å². The van der Waals surface area contributed by atoms with Gasteiger partial charge in [0.05, 0.1) is 10.6 Å². The molecule has 1 amide bonds. The Bertz CT molecular complexity index is 688. The number of Topliss-reactive ketones (excluding diaryl/α,β-unsaturated/α-hetero) is 1. The number of aryl methyl sites for hydroxylation is 4. The molecule has 2 aromatic rings. The van der Waals surface area contributed by atoms with Crippen molar-refractivity contribution in [1.82, 2.24) is 15.1 Å². The van der Waals surface area contributed by atoms with Gasteiger partial charge in [-0.1, -0.05) is 0 Å². The van der Waals surface area contributed by atoms with Crippen LogP contribution in [0.5, 0.6) is 0 Å². The summed E-state index contributed by atoms with van der Waals surface area (Å²) in [5, 5.41) is 7.24. The first-order valence-electron chi connectivity index (χ1n) is 7.83. The van der Waals surface area contributed by atoms with E-state index in [2.05, 4.69) is 10.4 Å². The molecule has 0 bridgehead atoms. The SMILES string of the molecule is Cc1cc(C)n(CCCNC(=O)CCC(=O)c2ccc(C)s2)n1. The van der Waals surface area contributed by atoms with Crippen molar-refractivity contribution in [2.24, 2.45) is 0 Å². The highest BCUT2D eigenvalue weighted by molar-refractivity contribution is 7.14. The van der Waals surface area contributed by atoms with E-state index in [4.69, 9.17) is 0 Å². The minimum absolute atomic E-state index is 0.0425. The molecule has 0 saturated carbocycles. The molecule has 6 heteroatoms. The molecule has 0 radical (unpaired) electrons. The van der Waals surface area contributed by atoms with Crippen molar-refractivity contribution in [3.63, 3.8) is 0 Å². The molecule has 0 aliphatic heterocycles. The Labute approximate surface area is 140 Å². The predicted octanol–water partition coefficient (Wildman–Crippen LogP) is 3.04. The Morgan fingerprint density at radius 1 is 1.22 bits per heavy atom. The Kier molecular flexibility index (Phi) is 6.10. The van der Waals surface area contributed by atoms with Crippen LogP contribution < -0.4 is 5.32 Å². The normalized spacial score (nSPS) is 10.7. The molecule has 124 valence electrons. The molecule has 0 spiro atoms. The smallest absolute Gasteiger partial charge is 0.220 e. The van der Waals surface area contributed by atoms with Crippen LogP contribution in [0.3, 0.4) is 0 Å².